The van der Waals surface area contributed by atoms with Crippen LogP contribution in [0.25, 0.3) is 0 Å². The van der Waals surface area contributed by atoms with E-state index >= 15 is 0 Å². The first-order valence-corrected chi connectivity index (χ1v) is 10.9. The van der Waals surface area contributed by atoms with Crippen LogP contribution in [0.4, 0.5) is 5.69 Å². The third-order valence-electron chi connectivity index (χ3n) is 5.49. The molecule has 2 aromatic carbocycles. The van der Waals surface area contributed by atoms with Gasteiger partial charge in [0, 0.05) is 18.8 Å². The summed E-state index contributed by atoms with van der Waals surface area (Å²) in [7, 11) is -3.68. The zero-order chi connectivity index (χ0) is 19.0. The summed E-state index contributed by atoms with van der Waals surface area (Å²) >= 11 is 0. The predicted molar refractivity (Wildman–Crippen MR) is 105 cm³/mol. The van der Waals surface area contributed by atoms with E-state index in [-0.39, 0.29) is 10.8 Å². The van der Waals surface area contributed by atoms with Crippen molar-refractivity contribution in [1.29, 1.82) is 0 Å². The van der Waals surface area contributed by atoms with Crippen LogP contribution in [0.1, 0.15) is 30.4 Å². The molecule has 2 aliphatic heterocycles. The van der Waals surface area contributed by atoms with Crippen molar-refractivity contribution in [3.8, 4) is 0 Å². The van der Waals surface area contributed by atoms with Gasteiger partial charge in [0.1, 0.15) is 6.04 Å². The second kappa shape index (κ2) is 7.09. The molecule has 1 saturated heterocycles. The van der Waals surface area contributed by atoms with Gasteiger partial charge in [-0.25, -0.2) is 8.42 Å². The maximum atomic E-state index is 13.3. The molecule has 0 saturated carbocycles. The molecule has 142 valence electrons. The Hall–Kier alpha value is -2.18. The number of carbonyl (C=O) groups excluding carboxylic acids is 1. The summed E-state index contributed by atoms with van der Waals surface area (Å²) < 4.78 is 27.7. The Balaban J connectivity index is 1.64. The minimum absolute atomic E-state index is 0.102. The fourth-order valence-electron chi connectivity index (χ4n) is 4.06. The topological polar surface area (TPSA) is 57.7 Å². The lowest BCUT2D eigenvalue weighted by Gasteiger charge is -2.33. The standard InChI is InChI=1S/C21H24N2O3S/c1-16-10-12-18(13-11-16)27(25,26)23-15-5-9-20(23)21(24)22-14-4-7-17-6-2-3-8-19(17)22/h2-3,6,8,10-13,20H,4-5,7,9,14-15H2,1H3. The Morgan fingerprint density at radius 1 is 1.00 bits per heavy atom. The summed E-state index contributed by atoms with van der Waals surface area (Å²) in [5, 5.41) is 0. The van der Waals surface area contributed by atoms with Crippen molar-refractivity contribution in [2.75, 3.05) is 18.0 Å². The van der Waals surface area contributed by atoms with Crippen LogP contribution in [0.3, 0.4) is 0 Å². The van der Waals surface area contributed by atoms with E-state index in [4.69, 9.17) is 0 Å². The van der Waals surface area contributed by atoms with Crippen molar-refractivity contribution >= 4 is 21.6 Å². The number of rotatable bonds is 3. The van der Waals surface area contributed by atoms with Crippen LogP contribution < -0.4 is 4.90 Å². The molecule has 0 spiro atoms. The molecule has 1 atom stereocenters. The van der Waals surface area contributed by atoms with Crippen LogP contribution in [0.5, 0.6) is 0 Å². The van der Waals surface area contributed by atoms with Crippen molar-refractivity contribution in [2.45, 2.75) is 43.5 Å². The molecule has 4 rings (SSSR count). The smallest absolute Gasteiger partial charge is 0.245 e. The zero-order valence-corrected chi connectivity index (χ0v) is 16.3. The lowest BCUT2D eigenvalue weighted by molar-refractivity contribution is -0.121. The Labute approximate surface area is 160 Å². The van der Waals surface area contributed by atoms with E-state index in [1.807, 2.05) is 31.2 Å². The van der Waals surface area contributed by atoms with E-state index in [0.29, 0.717) is 25.9 Å². The summed E-state index contributed by atoms with van der Waals surface area (Å²) in [6.07, 6.45) is 3.13. The molecule has 2 aliphatic rings. The second-order valence-electron chi connectivity index (χ2n) is 7.31. The molecule has 1 amide bonds. The van der Waals surface area contributed by atoms with Gasteiger partial charge in [-0.15, -0.1) is 0 Å². The Morgan fingerprint density at radius 3 is 2.52 bits per heavy atom. The van der Waals surface area contributed by atoms with E-state index in [1.54, 1.807) is 29.2 Å². The minimum Gasteiger partial charge on any atom is -0.311 e. The quantitative estimate of drug-likeness (QED) is 0.817. The van der Waals surface area contributed by atoms with Gasteiger partial charge in [-0.3, -0.25) is 4.79 Å². The van der Waals surface area contributed by atoms with Gasteiger partial charge < -0.3 is 4.90 Å². The molecule has 2 aromatic rings. The van der Waals surface area contributed by atoms with E-state index in [2.05, 4.69) is 0 Å². The second-order valence-corrected chi connectivity index (χ2v) is 9.20. The molecule has 1 fully saturated rings. The number of anilines is 1. The van der Waals surface area contributed by atoms with Crippen molar-refractivity contribution in [2.24, 2.45) is 0 Å². The SMILES string of the molecule is Cc1ccc(S(=O)(=O)N2CCCC2C(=O)N2CCCc3ccccc32)cc1. The first-order valence-electron chi connectivity index (χ1n) is 9.46. The molecule has 2 heterocycles. The molecule has 0 aliphatic carbocycles. The van der Waals surface area contributed by atoms with Gasteiger partial charge in [0.2, 0.25) is 15.9 Å². The highest BCUT2D eigenvalue weighted by molar-refractivity contribution is 7.89. The molecule has 0 radical (unpaired) electrons. The largest absolute Gasteiger partial charge is 0.311 e. The average molecular weight is 385 g/mol. The molecule has 27 heavy (non-hydrogen) atoms. The van der Waals surface area contributed by atoms with Gasteiger partial charge in [-0.2, -0.15) is 4.31 Å². The zero-order valence-electron chi connectivity index (χ0n) is 15.5. The van der Waals surface area contributed by atoms with Gasteiger partial charge in [-0.05, 0) is 56.4 Å². The van der Waals surface area contributed by atoms with Gasteiger partial charge >= 0.3 is 0 Å². The molecular weight excluding hydrogens is 360 g/mol. The normalized spacial score (nSPS) is 20.5. The number of fused-ring (bicyclic) bond motifs is 1. The Morgan fingerprint density at radius 2 is 1.74 bits per heavy atom. The number of aryl methyl sites for hydroxylation is 2. The van der Waals surface area contributed by atoms with Crippen LogP contribution in [0.15, 0.2) is 53.4 Å². The van der Waals surface area contributed by atoms with Crippen molar-refractivity contribution in [3.63, 3.8) is 0 Å². The Bertz CT molecular complexity index is 954. The fraction of sp³-hybridized carbons (Fsp3) is 0.381. The summed E-state index contributed by atoms with van der Waals surface area (Å²) in [5.74, 6) is -0.102. The maximum Gasteiger partial charge on any atom is 0.245 e. The number of amides is 1. The third kappa shape index (κ3) is 3.28. The molecule has 0 bridgehead atoms. The van der Waals surface area contributed by atoms with Crippen molar-refractivity contribution in [3.05, 3.63) is 59.7 Å². The number of hydrogen-bond acceptors (Lipinski definition) is 3. The summed E-state index contributed by atoms with van der Waals surface area (Å²) in [6, 6.07) is 14.1. The molecule has 0 aromatic heterocycles. The van der Waals surface area contributed by atoms with Crippen LogP contribution in [-0.4, -0.2) is 37.8 Å². The number of para-hydroxylation sites is 1. The highest BCUT2D eigenvalue weighted by Crippen LogP contribution is 2.32. The van der Waals surface area contributed by atoms with Crippen molar-refractivity contribution < 1.29 is 13.2 Å². The summed E-state index contributed by atoms with van der Waals surface area (Å²) in [4.78, 5) is 15.4. The van der Waals surface area contributed by atoms with Gasteiger partial charge in [0.25, 0.3) is 0 Å². The van der Waals surface area contributed by atoms with Gasteiger partial charge in [-0.1, -0.05) is 35.9 Å². The Kier molecular flexibility index (Phi) is 4.78. The highest BCUT2D eigenvalue weighted by Gasteiger charge is 2.42. The lowest BCUT2D eigenvalue weighted by Crippen LogP contribution is -2.49. The van der Waals surface area contributed by atoms with Gasteiger partial charge in [0.05, 0.1) is 4.90 Å². The van der Waals surface area contributed by atoms with Crippen molar-refractivity contribution in [1.82, 2.24) is 4.31 Å². The minimum atomic E-state index is -3.68. The highest BCUT2D eigenvalue weighted by atomic mass is 32.2. The molecular formula is C21H24N2O3S. The lowest BCUT2D eigenvalue weighted by atomic mass is 10.0. The van der Waals surface area contributed by atoms with Crippen LogP contribution in [0, 0.1) is 6.92 Å². The van der Waals surface area contributed by atoms with Crippen LogP contribution in [-0.2, 0) is 21.2 Å². The molecule has 5 nitrogen and oxygen atoms in total. The first kappa shape index (κ1) is 18.2. The average Bonchev–Trinajstić information content (AvgIpc) is 3.18. The fourth-order valence-corrected chi connectivity index (χ4v) is 5.71. The first-order chi connectivity index (χ1) is 13.0. The van der Waals surface area contributed by atoms with E-state index in [9.17, 15) is 13.2 Å². The van der Waals surface area contributed by atoms with Crippen LogP contribution in [0.2, 0.25) is 0 Å². The molecule has 1 unspecified atom stereocenters. The predicted octanol–water partition coefficient (Wildman–Crippen LogP) is 3.13. The number of hydrogen-bond donors (Lipinski definition) is 0. The number of nitrogens with zero attached hydrogens (tertiary/aromatic N) is 2. The number of carbonyl (C=O) groups is 1. The monoisotopic (exact) mass is 384 g/mol. The summed E-state index contributed by atoms with van der Waals surface area (Å²) in [6.45, 7) is 2.96. The van der Waals surface area contributed by atoms with Gasteiger partial charge in [0.15, 0.2) is 0 Å². The molecule has 6 heteroatoms. The van der Waals surface area contributed by atoms with Crippen LogP contribution >= 0.6 is 0 Å². The van der Waals surface area contributed by atoms with E-state index < -0.39 is 16.1 Å². The number of sulfonamides is 1. The van der Waals surface area contributed by atoms with E-state index in [0.717, 1.165) is 29.7 Å². The molecule has 0 N–H and O–H groups in total. The number of benzene rings is 2. The summed E-state index contributed by atoms with van der Waals surface area (Å²) in [5.41, 5.74) is 3.09. The maximum absolute atomic E-state index is 13.3. The van der Waals surface area contributed by atoms with E-state index in [1.165, 1.54) is 4.31 Å². The third-order valence-corrected chi connectivity index (χ3v) is 7.41.